The van der Waals surface area contributed by atoms with Crippen LogP contribution in [0, 0.1) is 5.92 Å². The number of amides is 1. The van der Waals surface area contributed by atoms with E-state index >= 15 is 0 Å². The van der Waals surface area contributed by atoms with Gasteiger partial charge in [-0.1, -0.05) is 0 Å². The number of hydrogen-bond acceptors (Lipinski definition) is 4. The van der Waals surface area contributed by atoms with Crippen LogP contribution in [0.3, 0.4) is 0 Å². The fraction of sp³-hybridized carbons (Fsp3) is 0.583. The summed E-state index contributed by atoms with van der Waals surface area (Å²) in [7, 11) is 0. The third kappa shape index (κ3) is 2.21. The van der Waals surface area contributed by atoms with E-state index in [4.69, 9.17) is 9.15 Å². The molecule has 92 valence electrons. The van der Waals surface area contributed by atoms with Crippen molar-refractivity contribution in [1.29, 1.82) is 0 Å². The van der Waals surface area contributed by atoms with Gasteiger partial charge in [0.1, 0.15) is 5.76 Å². The van der Waals surface area contributed by atoms with E-state index in [2.05, 4.69) is 10.6 Å². The quantitative estimate of drug-likeness (QED) is 0.791. The van der Waals surface area contributed by atoms with Crippen molar-refractivity contribution in [3.63, 3.8) is 0 Å². The third-order valence-electron chi connectivity index (χ3n) is 3.40. The minimum atomic E-state index is -0.0232. The number of ether oxygens (including phenoxy) is 1. The molecule has 1 aromatic heterocycles. The Balaban J connectivity index is 1.56. The molecule has 0 radical (unpaired) electrons. The highest BCUT2D eigenvalue weighted by atomic mass is 16.5. The molecule has 0 unspecified atom stereocenters. The lowest BCUT2D eigenvalue weighted by Crippen LogP contribution is -2.42. The molecule has 2 aliphatic heterocycles. The summed E-state index contributed by atoms with van der Waals surface area (Å²) in [5.74, 6) is 0.820. The van der Waals surface area contributed by atoms with E-state index < -0.39 is 0 Å². The van der Waals surface area contributed by atoms with Crippen LogP contribution in [0.5, 0.6) is 0 Å². The molecule has 3 heterocycles. The summed E-state index contributed by atoms with van der Waals surface area (Å²) in [5.41, 5.74) is 0. The number of fused-ring (bicyclic) bond motifs is 2. The van der Waals surface area contributed by atoms with E-state index in [0.717, 1.165) is 25.3 Å². The van der Waals surface area contributed by atoms with Gasteiger partial charge in [-0.15, -0.1) is 0 Å². The lowest BCUT2D eigenvalue weighted by molar-refractivity contribution is -0.127. The van der Waals surface area contributed by atoms with Crippen molar-refractivity contribution < 1.29 is 13.9 Å². The largest absolute Gasteiger partial charge is 0.467 e. The van der Waals surface area contributed by atoms with Crippen LogP contribution < -0.4 is 10.6 Å². The van der Waals surface area contributed by atoms with Crippen molar-refractivity contribution in [3.05, 3.63) is 24.2 Å². The average molecular weight is 236 g/mol. The van der Waals surface area contributed by atoms with Crippen LogP contribution in [-0.2, 0) is 16.1 Å². The highest BCUT2D eigenvalue weighted by Crippen LogP contribution is 2.28. The standard InChI is InChI=1S/C12H16N2O3/c15-12(14-6-8-2-1-3-16-8)10-4-9-5-13-7-11(10)17-9/h1-3,9-11,13H,4-7H2,(H,14,15)/t9-,10-,11+/m0/s1. The summed E-state index contributed by atoms with van der Waals surface area (Å²) in [6.07, 6.45) is 2.66. The number of carbonyl (C=O) groups is 1. The Bertz CT molecular complexity index is 390. The van der Waals surface area contributed by atoms with E-state index in [-0.39, 0.29) is 24.0 Å². The fourth-order valence-corrected chi connectivity index (χ4v) is 2.54. The van der Waals surface area contributed by atoms with Crippen molar-refractivity contribution >= 4 is 5.91 Å². The van der Waals surface area contributed by atoms with E-state index in [9.17, 15) is 4.79 Å². The second kappa shape index (κ2) is 4.50. The Morgan fingerprint density at radius 2 is 2.47 bits per heavy atom. The van der Waals surface area contributed by atoms with Crippen molar-refractivity contribution in [1.82, 2.24) is 10.6 Å². The summed E-state index contributed by atoms with van der Waals surface area (Å²) < 4.78 is 10.9. The van der Waals surface area contributed by atoms with Gasteiger partial charge >= 0.3 is 0 Å². The van der Waals surface area contributed by atoms with Crippen LogP contribution in [-0.4, -0.2) is 31.2 Å². The highest BCUT2D eigenvalue weighted by Gasteiger charge is 2.41. The lowest BCUT2D eigenvalue weighted by Gasteiger charge is -2.22. The molecule has 0 aliphatic carbocycles. The molecule has 2 N–H and O–H groups in total. The number of rotatable bonds is 3. The van der Waals surface area contributed by atoms with Gasteiger partial charge in [0.25, 0.3) is 0 Å². The summed E-state index contributed by atoms with van der Waals surface area (Å²) in [6.45, 7) is 2.08. The first-order valence-electron chi connectivity index (χ1n) is 5.99. The minimum absolute atomic E-state index is 0.0232. The van der Waals surface area contributed by atoms with Gasteiger partial charge < -0.3 is 19.8 Å². The first-order chi connectivity index (χ1) is 8.33. The zero-order chi connectivity index (χ0) is 11.7. The Labute approximate surface area is 99.5 Å². The van der Waals surface area contributed by atoms with Gasteiger partial charge in [-0.05, 0) is 18.6 Å². The number of morpholine rings is 1. The SMILES string of the molecule is O=C(NCc1ccco1)[C@H]1C[C@H]2CNC[C@H]1O2. The number of nitrogens with one attached hydrogen (secondary N) is 2. The molecular formula is C12H16N2O3. The summed E-state index contributed by atoms with van der Waals surface area (Å²) in [4.78, 5) is 12.0. The molecule has 0 saturated carbocycles. The number of carbonyl (C=O) groups excluding carboxylic acids is 1. The van der Waals surface area contributed by atoms with E-state index in [0.29, 0.717) is 6.54 Å². The van der Waals surface area contributed by atoms with Crippen LogP contribution in [0.4, 0.5) is 0 Å². The molecular weight excluding hydrogens is 220 g/mol. The second-order valence-electron chi connectivity index (χ2n) is 4.59. The zero-order valence-electron chi connectivity index (χ0n) is 9.52. The highest BCUT2D eigenvalue weighted by molar-refractivity contribution is 5.79. The summed E-state index contributed by atoms with van der Waals surface area (Å²) >= 11 is 0. The van der Waals surface area contributed by atoms with Gasteiger partial charge in [-0.3, -0.25) is 4.79 Å². The monoisotopic (exact) mass is 236 g/mol. The molecule has 0 spiro atoms. The molecule has 2 fully saturated rings. The fourth-order valence-electron chi connectivity index (χ4n) is 2.54. The molecule has 1 amide bonds. The van der Waals surface area contributed by atoms with Crippen molar-refractivity contribution in [3.8, 4) is 0 Å². The Morgan fingerprint density at radius 3 is 3.24 bits per heavy atom. The van der Waals surface area contributed by atoms with Gasteiger partial charge in [0, 0.05) is 13.1 Å². The van der Waals surface area contributed by atoms with Crippen LogP contribution in [0.25, 0.3) is 0 Å². The van der Waals surface area contributed by atoms with E-state index in [1.54, 1.807) is 6.26 Å². The molecule has 2 saturated heterocycles. The maximum absolute atomic E-state index is 12.0. The molecule has 5 heteroatoms. The van der Waals surface area contributed by atoms with Crippen LogP contribution in [0.2, 0.25) is 0 Å². The Morgan fingerprint density at radius 1 is 1.53 bits per heavy atom. The Kier molecular flexibility index (Phi) is 2.86. The second-order valence-corrected chi connectivity index (χ2v) is 4.59. The molecule has 17 heavy (non-hydrogen) atoms. The Hall–Kier alpha value is -1.33. The minimum Gasteiger partial charge on any atom is -0.467 e. The van der Waals surface area contributed by atoms with Gasteiger partial charge in [0.05, 0.1) is 30.9 Å². The van der Waals surface area contributed by atoms with Crippen LogP contribution in [0.1, 0.15) is 12.2 Å². The van der Waals surface area contributed by atoms with Gasteiger partial charge in [-0.25, -0.2) is 0 Å². The van der Waals surface area contributed by atoms with Crippen molar-refractivity contribution in [2.24, 2.45) is 5.92 Å². The van der Waals surface area contributed by atoms with E-state index in [1.807, 2.05) is 12.1 Å². The normalized spacial score (nSPS) is 31.4. The van der Waals surface area contributed by atoms with Crippen LogP contribution >= 0.6 is 0 Å². The molecule has 3 rings (SSSR count). The smallest absolute Gasteiger partial charge is 0.226 e. The van der Waals surface area contributed by atoms with Gasteiger partial charge in [-0.2, -0.15) is 0 Å². The molecule has 1 aromatic rings. The average Bonchev–Trinajstić information content (AvgIpc) is 2.95. The third-order valence-corrected chi connectivity index (χ3v) is 3.40. The maximum atomic E-state index is 12.0. The number of hydrogen-bond donors (Lipinski definition) is 2. The number of furan rings is 1. The predicted octanol–water partition coefficient (Wildman–Crippen LogP) is 0.273. The summed E-state index contributed by atoms with van der Waals surface area (Å²) in [6, 6.07) is 3.67. The lowest BCUT2D eigenvalue weighted by atomic mass is 9.99. The molecule has 2 aliphatic rings. The molecule has 3 atom stereocenters. The zero-order valence-corrected chi connectivity index (χ0v) is 9.52. The maximum Gasteiger partial charge on any atom is 0.226 e. The van der Waals surface area contributed by atoms with Gasteiger partial charge in [0.2, 0.25) is 5.91 Å². The summed E-state index contributed by atoms with van der Waals surface area (Å²) in [5, 5.41) is 6.18. The van der Waals surface area contributed by atoms with Crippen molar-refractivity contribution in [2.45, 2.75) is 25.2 Å². The van der Waals surface area contributed by atoms with E-state index in [1.165, 1.54) is 0 Å². The predicted molar refractivity (Wildman–Crippen MR) is 60.2 cm³/mol. The molecule has 5 nitrogen and oxygen atoms in total. The topological polar surface area (TPSA) is 63.5 Å². The van der Waals surface area contributed by atoms with Crippen molar-refractivity contribution in [2.75, 3.05) is 13.1 Å². The first-order valence-corrected chi connectivity index (χ1v) is 5.99. The molecule has 2 bridgehead atoms. The van der Waals surface area contributed by atoms with Crippen LogP contribution in [0.15, 0.2) is 22.8 Å². The first kappa shape index (κ1) is 10.8. The van der Waals surface area contributed by atoms with Gasteiger partial charge in [0.15, 0.2) is 0 Å². The molecule has 0 aromatic carbocycles.